The molecule has 25 heavy (non-hydrogen) atoms. The fourth-order valence-corrected chi connectivity index (χ4v) is 3.73. The Kier molecular flexibility index (Phi) is 4.43. The van der Waals surface area contributed by atoms with Gasteiger partial charge in [0.15, 0.2) is 0 Å². The summed E-state index contributed by atoms with van der Waals surface area (Å²) in [6.45, 7) is 7.61. The van der Waals surface area contributed by atoms with Gasteiger partial charge in [0.25, 0.3) is 5.91 Å². The van der Waals surface area contributed by atoms with Crippen molar-refractivity contribution in [2.45, 2.75) is 34.2 Å². The van der Waals surface area contributed by atoms with Crippen LogP contribution in [-0.2, 0) is 6.54 Å². The maximum absolute atomic E-state index is 14.0. The zero-order valence-corrected chi connectivity index (χ0v) is 15.3. The molecular weight excluding hydrogens is 339 g/mol. The zero-order valence-electron chi connectivity index (χ0n) is 14.5. The van der Waals surface area contributed by atoms with E-state index in [4.69, 9.17) is 5.73 Å². The number of carbonyl (C=O) groups excluding carboxylic acids is 1. The topological polar surface area (TPSA) is 80.9 Å². The maximum Gasteiger partial charge on any atom is 0.263 e. The smallest absolute Gasteiger partial charge is 0.263 e. The summed E-state index contributed by atoms with van der Waals surface area (Å²) in [6.07, 6.45) is 0. The van der Waals surface area contributed by atoms with Crippen molar-refractivity contribution in [2.75, 3.05) is 5.73 Å². The summed E-state index contributed by atoms with van der Waals surface area (Å²) in [5.74, 6) is -0.664. The van der Waals surface area contributed by atoms with Crippen molar-refractivity contribution in [1.82, 2.24) is 15.5 Å². The number of rotatable bonds is 3. The first-order valence-electron chi connectivity index (χ1n) is 7.86. The van der Waals surface area contributed by atoms with Gasteiger partial charge in [-0.3, -0.25) is 4.79 Å². The lowest BCUT2D eigenvalue weighted by Gasteiger charge is -2.11. The van der Waals surface area contributed by atoms with Crippen molar-refractivity contribution >= 4 is 33.1 Å². The summed E-state index contributed by atoms with van der Waals surface area (Å²) in [4.78, 5) is 13.6. The Morgan fingerprint density at radius 1 is 1.20 bits per heavy atom. The number of aryl methyl sites for hydroxylation is 3. The fraction of sp³-hybridized carbons (Fsp3) is 0.278. The van der Waals surface area contributed by atoms with Gasteiger partial charge in [-0.1, -0.05) is 6.07 Å². The molecule has 0 fully saturated rings. The van der Waals surface area contributed by atoms with E-state index in [0.29, 0.717) is 21.0 Å². The second-order valence-electron chi connectivity index (χ2n) is 6.09. The van der Waals surface area contributed by atoms with Gasteiger partial charge < -0.3 is 11.1 Å². The van der Waals surface area contributed by atoms with Crippen LogP contribution >= 0.6 is 11.3 Å². The lowest BCUT2D eigenvalue weighted by Crippen LogP contribution is -2.24. The van der Waals surface area contributed by atoms with Crippen LogP contribution in [0.4, 0.5) is 10.1 Å². The average Bonchev–Trinajstić information content (AvgIpc) is 2.92. The molecule has 0 spiro atoms. The number of amides is 1. The number of aromatic nitrogens is 2. The van der Waals surface area contributed by atoms with Crippen LogP contribution in [0.3, 0.4) is 0 Å². The minimum Gasteiger partial charge on any atom is -0.397 e. The van der Waals surface area contributed by atoms with Crippen molar-refractivity contribution in [3.05, 3.63) is 50.8 Å². The first kappa shape index (κ1) is 17.3. The number of carbonyl (C=O) groups is 1. The summed E-state index contributed by atoms with van der Waals surface area (Å²) in [5, 5.41) is 11.7. The van der Waals surface area contributed by atoms with Gasteiger partial charge in [-0.25, -0.2) is 4.39 Å². The molecule has 3 aromatic rings. The number of hydrogen-bond acceptors (Lipinski definition) is 5. The number of nitrogens with two attached hydrogens (primary N) is 1. The molecule has 2 heterocycles. The Morgan fingerprint density at radius 3 is 2.64 bits per heavy atom. The first-order chi connectivity index (χ1) is 11.8. The molecule has 7 heteroatoms. The number of hydrogen-bond donors (Lipinski definition) is 2. The lowest BCUT2D eigenvalue weighted by molar-refractivity contribution is 0.0955. The molecule has 0 radical (unpaired) electrons. The van der Waals surface area contributed by atoms with Gasteiger partial charge >= 0.3 is 0 Å². The van der Waals surface area contributed by atoms with Crippen LogP contribution in [0.5, 0.6) is 0 Å². The predicted octanol–water partition coefficient (Wildman–Crippen LogP) is 3.58. The van der Waals surface area contributed by atoms with Crippen molar-refractivity contribution in [1.29, 1.82) is 0 Å². The second kappa shape index (κ2) is 6.40. The van der Waals surface area contributed by atoms with Gasteiger partial charge in [-0.2, -0.15) is 5.10 Å². The van der Waals surface area contributed by atoms with Crippen molar-refractivity contribution in [2.24, 2.45) is 0 Å². The molecule has 0 saturated carbocycles. The second-order valence-corrected chi connectivity index (χ2v) is 7.09. The van der Waals surface area contributed by atoms with E-state index in [1.807, 2.05) is 27.7 Å². The summed E-state index contributed by atoms with van der Waals surface area (Å²) in [5.41, 5.74) is 10.6. The highest BCUT2D eigenvalue weighted by atomic mass is 32.1. The first-order valence-corrected chi connectivity index (χ1v) is 8.67. The molecular formula is C18H19FN4OS. The van der Waals surface area contributed by atoms with E-state index in [0.717, 1.165) is 27.8 Å². The molecule has 2 aromatic heterocycles. The van der Waals surface area contributed by atoms with Crippen molar-refractivity contribution < 1.29 is 9.18 Å². The molecule has 0 atom stereocenters. The molecule has 0 aliphatic rings. The summed E-state index contributed by atoms with van der Waals surface area (Å²) in [6, 6.07) is 3.14. The van der Waals surface area contributed by atoms with E-state index in [1.165, 1.54) is 17.4 Å². The van der Waals surface area contributed by atoms with Crippen molar-refractivity contribution in [3.8, 4) is 0 Å². The van der Waals surface area contributed by atoms with Crippen LogP contribution in [-0.4, -0.2) is 16.1 Å². The van der Waals surface area contributed by atoms with Crippen LogP contribution in [0.15, 0.2) is 12.1 Å². The zero-order chi connectivity index (χ0) is 18.3. The summed E-state index contributed by atoms with van der Waals surface area (Å²) < 4.78 is 14.0. The average molecular weight is 358 g/mol. The SMILES string of the molecule is Cc1ccc(F)c(CNC(=O)c2sc3nnc(C)c(C)c3c2N)c1C. The molecule has 3 N–H and O–H groups in total. The van der Waals surface area contributed by atoms with Crippen LogP contribution in [0, 0.1) is 33.5 Å². The predicted molar refractivity (Wildman–Crippen MR) is 98.3 cm³/mol. The Morgan fingerprint density at radius 2 is 1.92 bits per heavy atom. The summed E-state index contributed by atoms with van der Waals surface area (Å²) >= 11 is 1.20. The van der Waals surface area contributed by atoms with Gasteiger partial charge in [0, 0.05) is 17.5 Å². The minimum atomic E-state index is -0.335. The molecule has 0 saturated heterocycles. The molecule has 5 nitrogen and oxygen atoms in total. The largest absolute Gasteiger partial charge is 0.397 e. The number of anilines is 1. The Balaban J connectivity index is 1.90. The van der Waals surface area contributed by atoms with Gasteiger partial charge in [0.2, 0.25) is 0 Å². The molecule has 1 amide bonds. The molecule has 0 unspecified atom stereocenters. The van der Waals surface area contributed by atoms with Gasteiger partial charge in [0.05, 0.1) is 11.4 Å². The fourth-order valence-electron chi connectivity index (χ4n) is 2.72. The van der Waals surface area contributed by atoms with Crippen LogP contribution in [0.2, 0.25) is 0 Å². The third-order valence-corrected chi connectivity index (χ3v) is 5.67. The van der Waals surface area contributed by atoms with Crippen LogP contribution in [0.25, 0.3) is 10.2 Å². The molecule has 0 aliphatic heterocycles. The molecule has 0 bridgehead atoms. The third kappa shape index (κ3) is 2.95. The maximum atomic E-state index is 14.0. The third-order valence-electron chi connectivity index (χ3n) is 4.58. The van der Waals surface area contributed by atoms with Gasteiger partial charge in [-0.15, -0.1) is 16.4 Å². The Bertz CT molecular complexity index is 997. The normalized spacial score (nSPS) is 11.1. The quantitative estimate of drug-likeness (QED) is 0.750. The Hall–Kier alpha value is -2.54. The van der Waals surface area contributed by atoms with E-state index in [1.54, 1.807) is 6.07 Å². The minimum absolute atomic E-state index is 0.107. The highest BCUT2D eigenvalue weighted by molar-refractivity contribution is 7.21. The number of nitrogen functional groups attached to an aromatic ring is 1. The Labute approximate surface area is 149 Å². The highest BCUT2D eigenvalue weighted by Gasteiger charge is 2.20. The standard InChI is InChI=1S/C18H19FN4OS/c1-8-5-6-13(19)12(9(8)2)7-21-17(24)16-15(20)14-10(3)11(4)22-23-18(14)25-16/h5-6H,7,20H2,1-4H3,(H,21,24). The van der Waals surface area contributed by atoms with Crippen LogP contribution < -0.4 is 11.1 Å². The van der Waals surface area contributed by atoms with Crippen molar-refractivity contribution in [3.63, 3.8) is 0 Å². The number of nitrogens with one attached hydrogen (secondary N) is 1. The monoisotopic (exact) mass is 358 g/mol. The van der Waals surface area contributed by atoms with E-state index in [2.05, 4.69) is 15.5 Å². The van der Waals surface area contributed by atoms with Crippen LogP contribution in [0.1, 0.15) is 37.6 Å². The molecule has 1 aromatic carbocycles. The molecule has 3 rings (SSSR count). The number of thiophene rings is 1. The van der Waals surface area contributed by atoms with E-state index < -0.39 is 0 Å². The van der Waals surface area contributed by atoms with Gasteiger partial charge in [0.1, 0.15) is 15.5 Å². The number of benzene rings is 1. The highest BCUT2D eigenvalue weighted by Crippen LogP contribution is 2.34. The van der Waals surface area contributed by atoms with E-state index >= 15 is 0 Å². The molecule has 0 aliphatic carbocycles. The van der Waals surface area contributed by atoms with Gasteiger partial charge in [-0.05, 0) is 50.5 Å². The lowest BCUT2D eigenvalue weighted by atomic mass is 10.0. The van der Waals surface area contributed by atoms with E-state index in [9.17, 15) is 9.18 Å². The summed E-state index contributed by atoms with van der Waals surface area (Å²) in [7, 11) is 0. The van der Waals surface area contributed by atoms with E-state index in [-0.39, 0.29) is 18.3 Å². The number of nitrogens with zero attached hydrogens (tertiary/aromatic N) is 2. The number of halogens is 1. The number of fused-ring (bicyclic) bond motifs is 1. The molecule has 130 valence electrons.